The largest absolute Gasteiger partial charge is 0.198 e. The topological polar surface area (TPSA) is 23.8 Å². The van der Waals surface area contributed by atoms with Gasteiger partial charge in [0, 0.05) is 11.1 Å². The van der Waals surface area contributed by atoms with Crippen molar-refractivity contribution >= 4 is 21.4 Å². The third-order valence-electron chi connectivity index (χ3n) is 2.30. The van der Waals surface area contributed by atoms with E-state index in [1.54, 1.807) is 11.3 Å². The second kappa shape index (κ2) is 4.26. The average molecular weight is 201 g/mol. The first-order chi connectivity index (χ1) is 6.92. The summed E-state index contributed by atoms with van der Waals surface area (Å²) in [7, 11) is 0. The summed E-state index contributed by atoms with van der Waals surface area (Å²) in [5, 5.41) is 12.0. The lowest BCUT2D eigenvalue weighted by atomic mass is 10.1. The van der Waals surface area contributed by atoms with E-state index in [4.69, 9.17) is 5.26 Å². The predicted molar refractivity (Wildman–Crippen MR) is 60.4 cm³/mol. The van der Waals surface area contributed by atoms with Gasteiger partial charge in [0.1, 0.15) is 0 Å². The van der Waals surface area contributed by atoms with E-state index in [1.807, 2.05) is 0 Å². The van der Waals surface area contributed by atoms with Gasteiger partial charge in [-0.05, 0) is 35.2 Å². The third-order valence-corrected chi connectivity index (χ3v) is 3.31. The van der Waals surface area contributed by atoms with Gasteiger partial charge in [0.25, 0.3) is 0 Å². The van der Waals surface area contributed by atoms with Crippen LogP contribution in [0.15, 0.2) is 29.6 Å². The van der Waals surface area contributed by atoms with Gasteiger partial charge in [-0.15, -0.1) is 11.3 Å². The van der Waals surface area contributed by atoms with Gasteiger partial charge in [-0.2, -0.15) is 5.26 Å². The predicted octanol–water partition coefficient (Wildman–Crippen LogP) is 3.75. The number of rotatable bonds is 3. The van der Waals surface area contributed by atoms with Gasteiger partial charge in [-0.25, -0.2) is 0 Å². The molecule has 70 valence electrons. The summed E-state index contributed by atoms with van der Waals surface area (Å²) in [6, 6.07) is 10.6. The van der Waals surface area contributed by atoms with E-state index in [0.717, 1.165) is 12.8 Å². The molecule has 1 nitrogen and oxygen atoms in total. The van der Waals surface area contributed by atoms with E-state index in [9.17, 15) is 0 Å². The van der Waals surface area contributed by atoms with Gasteiger partial charge in [0.05, 0.1) is 6.07 Å². The van der Waals surface area contributed by atoms with E-state index >= 15 is 0 Å². The van der Waals surface area contributed by atoms with E-state index in [0.29, 0.717) is 6.42 Å². The number of nitrogens with zero attached hydrogens (tertiary/aromatic N) is 1. The molecule has 0 saturated carbocycles. The molecule has 0 atom stereocenters. The van der Waals surface area contributed by atoms with Crippen LogP contribution in [0.25, 0.3) is 10.1 Å². The first-order valence-corrected chi connectivity index (χ1v) is 5.62. The Bertz CT molecular complexity index is 464. The van der Waals surface area contributed by atoms with E-state index in [2.05, 4.69) is 35.7 Å². The lowest BCUT2D eigenvalue weighted by Gasteiger charge is -1.95. The van der Waals surface area contributed by atoms with Crippen molar-refractivity contribution in [3.8, 4) is 6.07 Å². The molecule has 0 saturated heterocycles. The molecule has 0 aliphatic carbocycles. The molecule has 1 aromatic heterocycles. The maximum Gasteiger partial charge on any atom is 0.0621 e. The Morgan fingerprint density at radius 1 is 1.29 bits per heavy atom. The van der Waals surface area contributed by atoms with Gasteiger partial charge in [-0.3, -0.25) is 0 Å². The fourth-order valence-corrected chi connectivity index (χ4v) is 2.58. The summed E-state index contributed by atoms with van der Waals surface area (Å²) in [6.07, 6.45) is 2.65. The van der Waals surface area contributed by atoms with Crippen molar-refractivity contribution in [1.82, 2.24) is 0 Å². The molecule has 0 aliphatic heterocycles. The summed E-state index contributed by atoms with van der Waals surface area (Å²) < 4.78 is 1.35. The minimum Gasteiger partial charge on any atom is -0.198 e. The fourth-order valence-electron chi connectivity index (χ4n) is 1.58. The van der Waals surface area contributed by atoms with Crippen LogP contribution in [-0.2, 0) is 6.42 Å². The summed E-state index contributed by atoms with van der Waals surface area (Å²) in [5.74, 6) is 0. The van der Waals surface area contributed by atoms with Crippen LogP contribution in [0.5, 0.6) is 0 Å². The number of hydrogen-bond donors (Lipinski definition) is 0. The van der Waals surface area contributed by atoms with E-state index < -0.39 is 0 Å². The summed E-state index contributed by atoms with van der Waals surface area (Å²) in [6.45, 7) is 0. The number of thiophene rings is 1. The van der Waals surface area contributed by atoms with E-state index in [-0.39, 0.29) is 0 Å². The molecule has 2 aromatic rings. The van der Waals surface area contributed by atoms with Crippen LogP contribution in [0.2, 0.25) is 0 Å². The molecule has 0 radical (unpaired) electrons. The number of fused-ring (bicyclic) bond motifs is 1. The molecular weight excluding hydrogens is 190 g/mol. The SMILES string of the molecule is N#CCCCc1csc2ccccc12. The molecule has 2 heteroatoms. The van der Waals surface area contributed by atoms with Gasteiger partial charge in [0.15, 0.2) is 0 Å². The van der Waals surface area contributed by atoms with Crippen LogP contribution in [0.4, 0.5) is 0 Å². The second-order valence-electron chi connectivity index (χ2n) is 3.27. The minimum atomic E-state index is 0.657. The molecule has 0 unspecified atom stereocenters. The Morgan fingerprint density at radius 2 is 2.14 bits per heavy atom. The average Bonchev–Trinajstić information content (AvgIpc) is 2.63. The Labute approximate surface area is 87.6 Å². The maximum atomic E-state index is 8.46. The molecule has 0 bridgehead atoms. The Hall–Kier alpha value is -1.33. The highest BCUT2D eigenvalue weighted by Gasteiger charge is 2.01. The summed E-state index contributed by atoms with van der Waals surface area (Å²) in [5.41, 5.74) is 1.39. The highest BCUT2D eigenvalue weighted by atomic mass is 32.1. The summed E-state index contributed by atoms with van der Waals surface area (Å²) >= 11 is 1.79. The molecule has 0 aliphatic rings. The molecule has 14 heavy (non-hydrogen) atoms. The van der Waals surface area contributed by atoms with Crippen LogP contribution in [0, 0.1) is 11.3 Å². The number of aryl methyl sites for hydroxylation is 1. The Kier molecular flexibility index (Phi) is 2.81. The summed E-state index contributed by atoms with van der Waals surface area (Å²) in [4.78, 5) is 0. The Morgan fingerprint density at radius 3 is 3.00 bits per heavy atom. The normalized spacial score (nSPS) is 10.2. The zero-order chi connectivity index (χ0) is 9.80. The zero-order valence-electron chi connectivity index (χ0n) is 7.86. The lowest BCUT2D eigenvalue weighted by molar-refractivity contribution is 0.858. The van der Waals surface area contributed by atoms with Crippen LogP contribution in [0.1, 0.15) is 18.4 Å². The number of hydrogen-bond acceptors (Lipinski definition) is 2. The van der Waals surface area contributed by atoms with Crippen molar-refractivity contribution in [2.45, 2.75) is 19.3 Å². The molecule has 1 heterocycles. The number of benzene rings is 1. The molecule has 0 N–H and O–H groups in total. The molecule has 0 fully saturated rings. The van der Waals surface area contributed by atoms with Crippen molar-refractivity contribution in [2.24, 2.45) is 0 Å². The van der Waals surface area contributed by atoms with Gasteiger partial charge >= 0.3 is 0 Å². The lowest BCUT2D eigenvalue weighted by Crippen LogP contribution is -1.81. The quantitative estimate of drug-likeness (QED) is 0.694. The molecule has 0 spiro atoms. The number of nitriles is 1. The van der Waals surface area contributed by atoms with Gasteiger partial charge in [-0.1, -0.05) is 18.2 Å². The highest BCUT2D eigenvalue weighted by Crippen LogP contribution is 2.26. The van der Waals surface area contributed by atoms with Gasteiger partial charge in [0.2, 0.25) is 0 Å². The van der Waals surface area contributed by atoms with Crippen molar-refractivity contribution < 1.29 is 0 Å². The monoisotopic (exact) mass is 201 g/mol. The zero-order valence-corrected chi connectivity index (χ0v) is 8.68. The fraction of sp³-hybridized carbons (Fsp3) is 0.250. The molecule has 0 amide bonds. The van der Waals surface area contributed by atoms with Crippen molar-refractivity contribution in [1.29, 1.82) is 5.26 Å². The smallest absolute Gasteiger partial charge is 0.0621 e. The van der Waals surface area contributed by atoms with Gasteiger partial charge < -0.3 is 0 Å². The second-order valence-corrected chi connectivity index (χ2v) is 4.18. The van der Waals surface area contributed by atoms with Crippen LogP contribution in [0.3, 0.4) is 0 Å². The molecule has 1 aromatic carbocycles. The van der Waals surface area contributed by atoms with Crippen molar-refractivity contribution in [3.63, 3.8) is 0 Å². The molecular formula is C12H11NS. The van der Waals surface area contributed by atoms with Crippen LogP contribution < -0.4 is 0 Å². The first kappa shape index (κ1) is 9.23. The van der Waals surface area contributed by atoms with Crippen LogP contribution >= 0.6 is 11.3 Å². The number of unbranched alkanes of at least 4 members (excludes halogenated alkanes) is 1. The van der Waals surface area contributed by atoms with E-state index in [1.165, 1.54) is 15.6 Å². The molecule has 2 rings (SSSR count). The Balaban J connectivity index is 2.22. The van der Waals surface area contributed by atoms with Crippen molar-refractivity contribution in [3.05, 3.63) is 35.2 Å². The minimum absolute atomic E-state index is 0.657. The standard InChI is InChI=1S/C12H11NS/c13-8-4-3-5-10-9-14-12-7-2-1-6-11(10)12/h1-2,6-7,9H,3-5H2. The van der Waals surface area contributed by atoms with Crippen LogP contribution in [-0.4, -0.2) is 0 Å². The first-order valence-electron chi connectivity index (χ1n) is 4.74. The highest BCUT2D eigenvalue weighted by molar-refractivity contribution is 7.17. The van der Waals surface area contributed by atoms with Crippen molar-refractivity contribution in [2.75, 3.05) is 0 Å². The third kappa shape index (κ3) is 1.78. The maximum absolute atomic E-state index is 8.46.